The van der Waals surface area contributed by atoms with Gasteiger partial charge in [0.05, 0.1) is 18.7 Å². The Morgan fingerprint density at radius 2 is 2.05 bits per heavy atom. The molecular formula is C14H20N4O2. The molecule has 6 heteroatoms. The molecule has 1 aromatic rings. The van der Waals surface area contributed by atoms with Crippen molar-refractivity contribution in [1.29, 1.82) is 5.26 Å². The topological polar surface area (TPSA) is 87.9 Å². The number of esters is 1. The maximum absolute atomic E-state index is 11.2. The number of ether oxygens (including phenoxy) is 1. The number of nitrogens with zero attached hydrogens (tertiary/aromatic N) is 3. The smallest absolute Gasteiger partial charge is 0.307 e. The Hall–Kier alpha value is -2.16. The van der Waals surface area contributed by atoms with E-state index < -0.39 is 0 Å². The SMILES string of the molecule is CCOC(=O)CCNc1nnc(CC)c(CC)c1C#N. The molecule has 0 aliphatic heterocycles. The summed E-state index contributed by atoms with van der Waals surface area (Å²) in [5.41, 5.74) is 2.28. The molecule has 0 unspecified atom stereocenters. The lowest BCUT2D eigenvalue weighted by atomic mass is 10.0. The molecule has 108 valence electrons. The van der Waals surface area contributed by atoms with Gasteiger partial charge in [-0.15, -0.1) is 5.10 Å². The highest BCUT2D eigenvalue weighted by Gasteiger charge is 2.14. The highest BCUT2D eigenvalue weighted by molar-refractivity contribution is 5.70. The standard InChI is InChI=1S/C14H20N4O2/c1-4-10-11(9-15)14(18-17-12(10)5-2)16-8-7-13(19)20-6-3/h4-8H2,1-3H3,(H,16,18). The van der Waals surface area contributed by atoms with Crippen molar-refractivity contribution in [1.82, 2.24) is 10.2 Å². The molecule has 6 nitrogen and oxygen atoms in total. The van der Waals surface area contributed by atoms with E-state index in [1.807, 2.05) is 13.8 Å². The van der Waals surface area contributed by atoms with Gasteiger partial charge in [-0.2, -0.15) is 10.4 Å². The molecule has 0 radical (unpaired) electrons. The third-order valence-corrected chi connectivity index (χ3v) is 2.88. The number of hydrogen-bond donors (Lipinski definition) is 1. The summed E-state index contributed by atoms with van der Waals surface area (Å²) in [6, 6.07) is 2.17. The van der Waals surface area contributed by atoms with Crippen molar-refractivity contribution in [2.24, 2.45) is 0 Å². The van der Waals surface area contributed by atoms with E-state index in [4.69, 9.17) is 4.74 Å². The Morgan fingerprint density at radius 3 is 2.60 bits per heavy atom. The fraction of sp³-hybridized carbons (Fsp3) is 0.571. The lowest BCUT2D eigenvalue weighted by Crippen LogP contribution is -2.14. The van der Waals surface area contributed by atoms with Gasteiger partial charge in [0, 0.05) is 6.54 Å². The van der Waals surface area contributed by atoms with E-state index >= 15 is 0 Å². The molecule has 0 spiro atoms. The van der Waals surface area contributed by atoms with Gasteiger partial charge >= 0.3 is 5.97 Å². The van der Waals surface area contributed by atoms with E-state index in [-0.39, 0.29) is 12.4 Å². The molecular weight excluding hydrogens is 256 g/mol. The first-order chi connectivity index (χ1) is 9.67. The fourth-order valence-corrected chi connectivity index (χ4v) is 1.93. The zero-order chi connectivity index (χ0) is 15.0. The molecule has 0 atom stereocenters. The largest absolute Gasteiger partial charge is 0.466 e. The second-order valence-electron chi connectivity index (χ2n) is 4.15. The average Bonchev–Trinajstić information content (AvgIpc) is 2.46. The van der Waals surface area contributed by atoms with E-state index in [0.29, 0.717) is 24.5 Å². The van der Waals surface area contributed by atoms with Crippen LogP contribution >= 0.6 is 0 Å². The molecule has 20 heavy (non-hydrogen) atoms. The number of carbonyl (C=O) groups is 1. The van der Waals surface area contributed by atoms with Crippen molar-refractivity contribution >= 4 is 11.8 Å². The van der Waals surface area contributed by atoms with Gasteiger partial charge < -0.3 is 10.1 Å². The molecule has 0 aliphatic rings. The van der Waals surface area contributed by atoms with Crippen LogP contribution in [-0.4, -0.2) is 29.3 Å². The number of nitriles is 1. The van der Waals surface area contributed by atoms with E-state index in [0.717, 1.165) is 24.1 Å². The van der Waals surface area contributed by atoms with Crippen molar-refractivity contribution in [2.75, 3.05) is 18.5 Å². The zero-order valence-electron chi connectivity index (χ0n) is 12.2. The third-order valence-electron chi connectivity index (χ3n) is 2.88. The van der Waals surface area contributed by atoms with Gasteiger partial charge in [0.1, 0.15) is 11.6 Å². The van der Waals surface area contributed by atoms with E-state index in [2.05, 4.69) is 21.6 Å². The van der Waals surface area contributed by atoms with Gasteiger partial charge in [0.2, 0.25) is 0 Å². The Balaban J connectivity index is 2.81. The summed E-state index contributed by atoms with van der Waals surface area (Å²) in [5, 5.41) is 20.4. The molecule has 0 aromatic carbocycles. The van der Waals surface area contributed by atoms with Crippen molar-refractivity contribution < 1.29 is 9.53 Å². The summed E-state index contributed by atoms with van der Waals surface area (Å²) in [6.45, 7) is 6.48. The van der Waals surface area contributed by atoms with Crippen molar-refractivity contribution in [3.05, 3.63) is 16.8 Å². The molecule has 1 N–H and O–H groups in total. The van der Waals surface area contributed by atoms with Crippen LogP contribution in [0.5, 0.6) is 0 Å². The summed E-state index contributed by atoms with van der Waals surface area (Å²) in [6.07, 6.45) is 1.71. The van der Waals surface area contributed by atoms with Gasteiger partial charge in [0.15, 0.2) is 5.82 Å². The lowest BCUT2D eigenvalue weighted by molar-refractivity contribution is -0.142. The summed E-state index contributed by atoms with van der Waals surface area (Å²) in [7, 11) is 0. The van der Waals surface area contributed by atoms with Crippen LogP contribution in [-0.2, 0) is 22.4 Å². The van der Waals surface area contributed by atoms with Gasteiger partial charge in [-0.05, 0) is 25.3 Å². The fourth-order valence-electron chi connectivity index (χ4n) is 1.93. The van der Waals surface area contributed by atoms with E-state index in [1.165, 1.54) is 0 Å². The predicted octanol–water partition coefficient (Wildman–Crippen LogP) is 1.84. The van der Waals surface area contributed by atoms with E-state index in [9.17, 15) is 10.1 Å². The molecule has 0 saturated heterocycles. The van der Waals surface area contributed by atoms with Crippen LogP contribution in [0.15, 0.2) is 0 Å². The number of aromatic nitrogens is 2. The summed E-state index contributed by atoms with van der Waals surface area (Å²) < 4.78 is 4.84. The quantitative estimate of drug-likeness (QED) is 0.764. The van der Waals surface area contributed by atoms with Crippen molar-refractivity contribution in [2.45, 2.75) is 40.0 Å². The molecule has 0 bridgehead atoms. The molecule has 0 fully saturated rings. The Morgan fingerprint density at radius 1 is 1.30 bits per heavy atom. The second kappa shape index (κ2) is 8.10. The maximum Gasteiger partial charge on any atom is 0.307 e. The first kappa shape index (κ1) is 15.9. The lowest BCUT2D eigenvalue weighted by Gasteiger charge is -2.11. The van der Waals surface area contributed by atoms with Crippen LogP contribution < -0.4 is 5.32 Å². The van der Waals surface area contributed by atoms with Crippen LogP contribution in [0.3, 0.4) is 0 Å². The molecule has 0 aliphatic carbocycles. The summed E-state index contributed by atoms with van der Waals surface area (Å²) >= 11 is 0. The van der Waals surface area contributed by atoms with Gasteiger partial charge in [-0.3, -0.25) is 4.79 Å². The van der Waals surface area contributed by atoms with Gasteiger partial charge in [-0.25, -0.2) is 0 Å². The van der Waals surface area contributed by atoms with Crippen molar-refractivity contribution in [3.63, 3.8) is 0 Å². The first-order valence-electron chi connectivity index (χ1n) is 6.85. The number of aryl methyl sites for hydroxylation is 1. The number of hydrogen-bond acceptors (Lipinski definition) is 6. The molecule has 1 rings (SSSR count). The molecule has 0 amide bonds. The van der Waals surface area contributed by atoms with E-state index in [1.54, 1.807) is 6.92 Å². The molecule has 0 saturated carbocycles. The highest BCUT2D eigenvalue weighted by atomic mass is 16.5. The predicted molar refractivity (Wildman–Crippen MR) is 75.2 cm³/mol. The molecule has 1 heterocycles. The number of nitrogens with one attached hydrogen (secondary N) is 1. The Bertz CT molecular complexity index is 509. The zero-order valence-corrected chi connectivity index (χ0v) is 12.2. The Kier molecular flexibility index (Phi) is 6.44. The summed E-state index contributed by atoms with van der Waals surface area (Å²) in [5.74, 6) is 0.165. The number of carbonyl (C=O) groups excluding carboxylic acids is 1. The Labute approximate surface area is 119 Å². The van der Waals surface area contributed by atoms with Crippen LogP contribution in [0, 0.1) is 11.3 Å². The van der Waals surface area contributed by atoms with Gasteiger partial charge in [0.25, 0.3) is 0 Å². The number of rotatable bonds is 7. The summed E-state index contributed by atoms with van der Waals surface area (Å²) in [4.78, 5) is 11.2. The minimum absolute atomic E-state index is 0.234. The number of anilines is 1. The monoisotopic (exact) mass is 276 g/mol. The normalized spacial score (nSPS) is 9.90. The van der Waals surface area contributed by atoms with Crippen LogP contribution in [0.1, 0.15) is 44.0 Å². The molecule has 1 aromatic heterocycles. The second-order valence-corrected chi connectivity index (χ2v) is 4.15. The minimum atomic E-state index is -0.271. The van der Waals surface area contributed by atoms with Crippen LogP contribution in [0.25, 0.3) is 0 Å². The van der Waals surface area contributed by atoms with Crippen LogP contribution in [0.2, 0.25) is 0 Å². The van der Waals surface area contributed by atoms with Gasteiger partial charge in [-0.1, -0.05) is 13.8 Å². The van der Waals surface area contributed by atoms with Crippen molar-refractivity contribution in [3.8, 4) is 6.07 Å². The maximum atomic E-state index is 11.2. The first-order valence-corrected chi connectivity index (χ1v) is 6.85. The average molecular weight is 276 g/mol. The third kappa shape index (κ3) is 3.92. The van der Waals surface area contributed by atoms with Crippen LogP contribution in [0.4, 0.5) is 5.82 Å². The minimum Gasteiger partial charge on any atom is -0.466 e. The highest BCUT2D eigenvalue weighted by Crippen LogP contribution is 2.19.